The quantitative estimate of drug-likeness (QED) is 0.538. The first-order valence-electron chi connectivity index (χ1n) is 5.48. The number of hydrogen-bond donors (Lipinski definition) is 0. The van der Waals surface area contributed by atoms with Crippen molar-refractivity contribution in [3.05, 3.63) is 9.66 Å². The Morgan fingerprint density at radius 2 is 2.20 bits per heavy atom. The molecule has 0 aromatic carbocycles. The van der Waals surface area contributed by atoms with Crippen LogP contribution in [0.2, 0.25) is 0 Å². The van der Waals surface area contributed by atoms with E-state index in [0.717, 1.165) is 31.4 Å². The highest BCUT2D eigenvalue weighted by Gasteiger charge is 2.65. The molecule has 1 heterocycles. The summed E-state index contributed by atoms with van der Waals surface area (Å²) in [6.45, 7) is 1.55. The summed E-state index contributed by atoms with van der Waals surface area (Å²) in [7, 11) is 0. The first-order valence-corrected chi connectivity index (χ1v) is 7.68. The second-order valence-electron chi connectivity index (χ2n) is 4.50. The zero-order valence-corrected chi connectivity index (χ0v) is 12.2. The van der Waals surface area contributed by atoms with Gasteiger partial charge in [-0.1, -0.05) is 22.0 Å². The monoisotopic (exact) mass is 384 g/mol. The van der Waals surface area contributed by atoms with E-state index >= 15 is 0 Å². The van der Waals surface area contributed by atoms with E-state index in [9.17, 15) is 0 Å². The summed E-state index contributed by atoms with van der Waals surface area (Å²) in [5.74, 6) is 1.64. The van der Waals surface area contributed by atoms with Crippen LogP contribution >= 0.6 is 38.5 Å². The maximum atomic E-state index is 5.92. The van der Waals surface area contributed by atoms with Crippen LogP contribution in [-0.4, -0.2) is 24.3 Å². The summed E-state index contributed by atoms with van der Waals surface area (Å²) in [5, 5.41) is 1.04. The van der Waals surface area contributed by atoms with Crippen molar-refractivity contribution in [2.24, 2.45) is 17.8 Å². The molecule has 2 aliphatic carbocycles. The Balaban J connectivity index is 1.83. The normalized spacial score (nSPS) is 41.5. The first-order chi connectivity index (χ1) is 7.28. The first kappa shape index (κ1) is 11.0. The third kappa shape index (κ3) is 1.47. The van der Waals surface area contributed by atoms with Crippen molar-refractivity contribution in [3.8, 4) is 0 Å². The van der Waals surface area contributed by atoms with Crippen LogP contribution in [0.5, 0.6) is 0 Å². The van der Waals surface area contributed by atoms with E-state index in [2.05, 4.69) is 44.6 Å². The fourth-order valence-electron chi connectivity index (χ4n) is 3.35. The Bertz CT molecular complexity index is 299. The number of halogens is 2. The minimum atomic E-state index is -0.220. The van der Waals surface area contributed by atoms with E-state index < -0.39 is 0 Å². The molecule has 3 rings (SSSR count). The molecule has 2 fully saturated rings. The molecule has 1 spiro atoms. The summed E-state index contributed by atoms with van der Waals surface area (Å²) in [5.41, 5.74) is 0. The lowest BCUT2D eigenvalue weighted by atomic mass is 9.60. The smallest absolute Gasteiger partial charge is 0.175 e. The average Bonchev–Trinajstić information content (AvgIpc) is 2.81. The fourth-order valence-corrected chi connectivity index (χ4v) is 4.74. The molecule has 0 bridgehead atoms. The van der Waals surface area contributed by atoms with Crippen molar-refractivity contribution in [1.82, 2.24) is 0 Å². The van der Waals surface area contributed by atoms with E-state index in [1.807, 2.05) is 0 Å². The molecule has 0 unspecified atom stereocenters. The van der Waals surface area contributed by atoms with Crippen molar-refractivity contribution in [1.29, 1.82) is 0 Å². The Labute approximate surface area is 112 Å². The molecule has 15 heavy (non-hydrogen) atoms. The molecule has 84 valence electrons. The molecule has 1 saturated heterocycles. The van der Waals surface area contributed by atoms with Gasteiger partial charge in [0, 0.05) is 17.2 Å². The Kier molecular flexibility index (Phi) is 2.90. The lowest BCUT2D eigenvalue weighted by molar-refractivity contribution is -0.306. The predicted molar refractivity (Wildman–Crippen MR) is 70.2 cm³/mol. The molecule has 1 aliphatic heterocycles. The molecule has 2 nitrogen and oxygen atoms in total. The van der Waals surface area contributed by atoms with Gasteiger partial charge < -0.3 is 9.47 Å². The summed E-state index contributed by atoms with van der Waals surface area (Å²) >= 11 is 5.98. The highest BCUT2D eigenvalue weighted by atomic mass is 127. The van der Waals surface area contributed by atoms with Gasteiger partial charge in [0.05, 0.1) is 13.2 Å². The number of allylic oxidation sites excluding steroid dienone is 2. The van der Waals surface area contributed by atoms with E-state index in [-0.39, 0.29) is 5.79 Å². The number of alkyl halides is 1. The molecule has 0 radical (unpaired) electrons. The van der Waals surface area contributed by atoms with Gasteiger partial charge in [0.2, 0.25) is 0 Å². The molecule has 0 N–H and O–H groups in total. The summed E-state index contributed by atoms with van der Waals surface area (Å²) in [4.78, 5) is 0. The fraction of sp³-hybridized carbons (Fsp3) is 0.818. The topological polar surface area (TPSA) is 18.5 Å². The third-order valence-electron chi connectivity index (χ3n) is 3.91. The van der Waals surface area contributed by atoms with Gasteiger partial charge in [0.25, 0.3) is 0 Å². The maximum absolute atomic E-state index is 5.92. The Morgan fingerprint density at radius 3 is 2.87 bits per heavy atom. The van der Waals surface area contributed by atoms with Crippen molar-refractivity contribution in [3.63, 3.8) is 0 Å². The number of ether oxygens (including phenoxy) is 2. The number of fused-ring (bicyclic) bond motifs is 2. The lowest BCUT2D eigenvalue weighted by Crippen LogP contribution is -2.61. The molecular formula is C11H14BrIO2. The van der Waals surface area contributed by atoms with Crippen molar-refractivity contribution in [2.75, 3.05) is 18.5 Å². The zero-order chi connectivity index (χ0) is 10.5. The maximum Gasteiger partial charge on any atom is 0.175 e. The number of rotatable bonds is 2. The van der Waals surface area contributed by atoms with Gasteiger partial charge in [-0.05, 0) is 44.9 Å². The van der Waals surface area contributed by atoms with Crippen molar-refractivity contribution in [2.45, 2.75) is 18.6 Å². The van der Waals surface area contributed by atoms with Crippen LogP contribution < -0.4 is 0 Å². The second kappa shape index (κ2) is 3.96. The summed E-state index contributed by atoms with van der Waals surface area (Å²) < 4.78 is 13.3. The highest BCUT2D eigenvalue weighted by molar-refractivity contribution is 14.1. The summed E-state index contributed by atoms with van der Waals surface area (Å²) in [6.07, 6.45) is 4.74. The van der Waals surface area contributed by atoms with Gasteiger partial charge >= 0.3 is 0 Å². The minimum Gasteiger partial charge on any atom is -0.347 e. The van der Waals surface area contributed by atoms with Gasteiger partial charge in [-0.3, -0.25) is 0 Å². The van der Waals surface area contributed by atoms with Crippen LogP contribution in [0.3, 0.4) is 0 Å². The van der Waals surface area contributed by atoms with E-state index in [1.165, 1.54) is 3.58 Å². The van der Waals surface area contributed by atoms with Gasteiger partial charge in [0.15, 0.2) is 5.79 Å². The predicted octanol–water partition coefficient (Wildman–Crippen LogP) is 3.10. The van der Waals surface area contributed by atoms with Gasteiger partial charge in [0.1, 0.15) is 0 Å². The zero-order valence-electron chi connectivity index (χ0n) is 8.42. The van der Waals surface area contributed by atoms with Crippen LogP contribution in [-0.2, 0) is 9.47 Å². The van der Waals surface area contributed by atoms with Crippen LogP contribution in [0.1, 0.15) is 12.8 Å². The lowest BCUT2D eigenvalue weighted by Gasteiger charge is -2.55. The largest absolute Gasteiger partial charge is 0.347 e. The van der Waals surface area contributed by atoms with Crippen LogP contribution in [0.25, 0.3) is 0 Å². The summed E-state index contributed by atoms with van der Waals surface area (Å²) in [6, 6.07) is 0. The number of hydrogen-bond acceptors (Lipinski definition) is 2. The highest BCUT2D eigenvalue weighted by Crippen LogP contribution is 2.62. The minimum absolute atomic E-state index is 0.220. The molecule has 0 aromatic rings. The van der Waals surface area contributed by atoms with Gasteiger partial charge in [-0.25, -0.2) is 0 Å². The van der Waals surface area contributed by atoms with E-state index in [1.54, 1.807) is 0 Å². The molecule has 3 atom stereocenters. The van der Waals surface area contributed by atoms with E-state index in [4.69, 9.17) is 9.47 Å². The van der Waals surface area contributed by atoms with Crippen LogP contribution in [0.15, 0.2) is 9.66 Å². The molecule has 0 aromatic heterocycles. The standard InChI is InChI=1S/C11H14BrIO2/c12-2-1-9-8-5-7(13)6-10(8)11(9)14-3-4-15-11/h5,8-10H,1-4,6H2/t8-,9+,10-/m1/s1. The molecular weight excluding hydrogens is 371 g/mol. The van der Waals surface area contributed by atoms with Crippen LogP contribution in [0, 0.1) is 17.8 Å². The van der Waals surface area contributed by atoms with Gasteiger partial charge in [-0.15, -0.1) is 0 Å². The Morgan fingerprint density at radius 1 is 1.47 bits per heavy atom. The molecule has 0 amide bonds. The van der Waals surface area contributed by atoms with Crippen molar-refractivity contribution < 1.29 is 9.47 Å². The SMILES string of the molecule is BrCC[C@H]1[C@H]2C=C(I)C[C@H]2C12OCCO2. The van der Waals surface area contributed by atoms with Crippen molar-refractivity contribution >= 4 is 38.5 Å². The van der Waals surface area contributed by atoms with Crippen LogP contribution in [0.4, 0.5) is 0 Å². The molecule has 1 saturated carbocycles. The second-order valence-corrected chi connectivity index (χ2v) is 6.68. The molecule has 3 aliphatic rings. The Hall–Kier alpha value is 0.870. The van der Waals surface area contributed by atoms with E-state index in [0.29, 0.717) is 17.8 Å². The average molecular weight is 385 g/mol. The third-order valence-corrected chi connectivity index (χ3v) is 5.17. The molecule has 4 heteroatoms. The van der Waals surface area contributed by atoms with Gasteiger partial charge in [-0.2, -0.15) is 0 Å².